The number of aliphatic imine (C=N–C) groups is 1. The zero-order valence-corrected chi connectivity index (χ0v) is 17.5. The lowest BCUT2D eigenvalue weighted by Gasteiger charge is -2.40. The maximum atomic E-state index is 12.4. The van der Waals surface area contributed by atoms with Crippen LogP contribution in [0.5, 0.6) is 0 Å². The number of ether oxygens (including phenoxy) is 1. The Labute approximate surface area is 167 Å². The van der Waals surface area contributed by atoms with E-state index in [1.807, 2.05) is 4.57 Å². The molecule has 2 N–H and O–H groups in total. The van der Waals surface area contributed by atoms with E-state index in [1.54, 1.807) is 11.8 Å². The second-order valence-corrected chi connectivity index (χ2v) is 8.10. The number of aryl methyl sites for hydroxylation is 2. The highest BCUT2D eigenvalue weighted by Crippen LogP contribution is 2.44. The molecule has 2 aliphatic rings. The highest BCUT2D eigenvalue weighted by Gasteiger charge is 2.36. The van der Waals surface area contributed by atoms with Crippen LogP contribution in [-0.4, -0.2) is 53.7 Å². The Morgan fingerprint density at radius 2 is 2.14 bits per heavy atom. The SMILES string of the molecule is CCNC(=NCC1(CCOC)CCC1)NCCCn1nc2n(c1=O)CCCC2. The van der Waals surface area contributed by atoms with E-state index in [0.29, 0.717) is 12.0 Å². The van der Waals surface area contributed by atoms with Crippen LogP contribution in [0.2, 0.25) is 0 Å². The predicted molar refractivity (Wildman–Crippen MR) is 111 cm³/mol. The third-order valence-electron chi connectivity index (χ3n) is 6.04. The van der Waals surface area contributed by atoms with Crippen LogP contribution in [0.1, 0.15) is 57.7 Å². The van der Waals surface area contributed by atoms with Gasteiger partial charge in [-0.05, 0) is 50.9 Å². The summed E-state index contributed by atoms with van der Waals surface area (Å²) in [5, 5.41) is 11.2. The van der Waals surface area contributed by atoms with E-state index in [4.69, 9.17) is 9.73 Å². The molecule has 3 rings (SSSR count). The molecule has 0 bridgehead atoms. The molecule has 1 fully saturated rings. The van der Waals surface area contributed by atoms with Crippen molar-refractivity contribution in [1.29, 1.82) is 0 Å². The Bertz CT molecular complexity index is 704. The fourth-order valence-corrected chi connectivity index (χ4v) is 4.10. The van der Waals surface area contributed by atoms with E-state index in [9.17, 15) is 4.79 Å². The van der Waals surface area contributed by atoms with Gasteiger partial charge in [0.15, 0.2) is 5.96 Å². The average Bonchev–Trinajstić information content (AvgIpc) is 3.00. The maximum Gasteiger partial charge on any atom is 0.345 e. The molecule has 0 atom stereocenters. The van der Waals surface area contributed by atoms with Gasteiger partial charge in [-0.25, -0.2) is 9.48 Å². The minimum atomic E-state index is 0.0420. The quantitative estimate of drug-likeness (QED) is 0.358. The van der Waals surface area contributed by atoms with Crippen LogP contribution >= 0.6 is 0 Å². The Hall–Kier alpha value is -1.83. The van der Waals surface area contributed by atoms with Gasteiger partial charge < -0.3 is 15.4 Å². The van der Waals surface area contributed by atoms with Crippen molar-refractivity contribution in [2.45, 2.75) is 71.4 Å². The molecule has 0 amide bonds. The Morgan fingerprint density at radius 1 is 1.29 bits per heavy atom. The highest BCUT2D eigenvalue weighted by atomic mass is 16.5. The van der Waals surface area contributed by atoms with Gasteiger partial charge in [0.05, 0.1) is 0 Å². The number of fused-ring (bicyclic) bond motifs is 1. The summed E-state index contributed by atoms with van der Waals surface area (Å²) in [4.78, 5) is 17.2. The molecule has 0 spiro atoms. The molecular weight excluding hydrogens is 356 g/mol. The molecule has 8 heteroatoms. The summed E-state index contributed by atoms with van der Waals surface area (Å²) in [5.74, 6) is 1.81. The predicted octanol–water partition coefficient (Wildman–Crippen LogP) is 1.53. The lowest BCUT2D eigenvalue weighted by atomic mass is 9.67. The van der Waals surface area contributed by atoms with E-state index in [-0.39, 0.29) is 5.69 Å². The Morgan fingerprint density at radius 3 is 2.82 bits per heavy atom. The van der Waals surface area contributed by atoms with Gasteiger partial charge in [-0.15, -0.1) is 0 Å². The Balaban J connectivity index is 1.47. The van der Waals surface area contributed by atoms with Gasteiger partial charge >= 0.3 is 5.69 Å². The first-order chi connectivity index (χ1) is 13.7. The van der Waals surface area contributed by atoms with Gasteiger partial charge in [0.2, 0.25) is 0 Å². The third kappa shape index (κ3) is 5.16. The molecule has 28 heavy (non-hydrogen) atoms. The van der Waals surface area contributed by atoms with Gasteiger partial charge in [0.25, 0.3) is 0 Å². The number of hydrogen-bond donors (Lipinski definition) is 2. The molecule has 0 aromatic carbocycles. The summed E-state index contributed by atoms with van der Waals surface area (Å²) in [5.41, 5.74) is 0.363. The van der Waals surface area contributed by atoms with Crippen LogP contribution in [0.25, 0.3) is 0 Å². The number of methoxy groups -OCH3 is 1. The van der Waals surface area contributed by atoms with Crippen molar-refractivity contribution in [1.82, 2.24) is 25.0 Å². The molecule has 1 aliphatic heterocycles. The second-order valence-electron chi connectivity index (χ2n) is 8.10. The zero-order chi connectivity index (χ0) is 19.8. The molecule has 158 valence electrons. The van der Waals surface area contributed by atoms with Crippen LogP contribution in [0.3, 0.4) is 0 Å². The summed E-state index contributed by atoms with van der Waals surface area (Å²) in [7, 11) is 1.77. The molecule has 1 aromatic heterocycles. The summed E-state index contributed by atoms with van der Waals surface area (Å²) < 4.78 is 8.73. The van der Waals surface area contributed by atoms with Crippen molar-refractivity contribution in [3.8, 4) is 0 Å². The molecule has 1 saturated carbocycles. The monoisotopic (exact) mass is 392 g/mol. The third-order valence-corrected chi connectivity index (χ3v) is 6.04. The average molecular weight is 393 g/mol. The number of rotatable bonds is 10. The fourth-order valence-electron chi connectivity index (χ4n) is 4.10. The number of nitrogens with one attached hydrogen (secondary N) is 2. The molecule has 1 aromatic rings. The van der Waals surface area contributed by atoms with Crippen LogP contribution in [0.4, 0.5) is 0 Å². The second kappa shape index (κ2) is 10.1. The number of hydrogen-bond acceptors (Lipinski definition) is 4. The summed E-state index contributed by atoms with van der Waals surface area (Å²) in [6.45, 7) is 6.80. The molecule has 0 unspecified atom stereocenters. The van der Waals surface area contributed by atoms with Crippen molar-refractivity contribution in [2.75, 3.05) is 33.4 Å². The summed E-state index contributed by atoms with van der Waals surface area (Å²) in [6, 6.07) is 0. The molecule has 8 nitrogen and oxygen atoms in total. The van der Waals surface area contributed by atoms with Crippen LogP contribution < -0.4 is 16.3 Å². The van der Waals surface area contributed by atoms with Gasteiger partial charge in [0, 0.05) is 52.9 Å². The first kappa shape index (κ1) is 20.9. The lowest BCUT2D eigenvalue weighted by Crippen LogP contribution is -2.41. The van der Waals surface area contributed by atoms with Crippen LogP contribution in [-0.2, 0) is 24.2 Å². The van der Waals surface area contributed by atoms with Gasteiger partial charge in [0.1, 0.15) is 5.82 Å². The summed E-state index contributed by atoms with van der Waals surface area (Å²) in [6.07, 6.45) is 8.84. The smallest absolute Gasteiger partial charge is 0.345 e. The molecular formula is C20H36N6O2. The minimum Gasteiger partial charge on any atom is -0.385 e. The highest BCUT2D eigenvalue weighted by molar-refractivity contribution is 5.79. The van der Waals surface area contributed by atoms with Crippen LogP contribution in [0, 0.1) is 5.41 Å². The summed E-state index contributed by atoms with van der Waals surface area (Å²) >= 11 is 0. The first-order valence-electron chi connectivity index (χ1n) is 10.8. The van der Waals surface area contributed by atoms with Crippen molar-refractivity contribution < 1.29 is 4.74 Å². The molecule has 0 radical (unpaired) electrons. The number of guanidine groups is 1. The molecule has 2 heterocycles. The maximum absolute atomic E-state index is 12.4. The van der Waals surface area contributed by atoms with Gasteiger partial charge in [-0.2, -0.15) is 5.10 Å². The van der Waals surface area contributed by atoms with E-state index in [2.05, 4.69) is 22.7 Å². The molecule has 1 aliphatic carbocycles. The number of aromatic nitrogens is 3. The van der Waals surface area contributed by atoms with Gasteiger partial charge in [-0.1, -0.05) is 6.42 Å². The normalized spacial score (nSPS) is 18.4. The van der Waals surface area contributed by atoms with E-state index in [1.165, 1.54) is 19.3 Å². The number of nitrogens with zero attached hydrogens (tertiary/aromatic N) is 4. The van der Waals surface area contributed by atoms with Crippen molar-refractivity contribution in [3.05, 3.63) is 16.3 Å². The fraction of sp³-hybridized carbons (Fsp3) is 0.850. The van der Waals surface area contributed by atoms with Crippen LogP contribution in [0.15, 0.2) is 9.79 Å². The zero-order valence-electron chi connectivity index (χ0n) is 17.5. The molecule has 0 saturated heterocycles. The van der Waals surface area contributed by atoms with Crippen molar-refractivity contribution in [2.24, 2.45) is 10.4 Å². The van der Waals surface area contributed by atoms with E-state index >= 15 is 0 Å². The lowest BCUT2D eigenvalue weighted by molar-refractivity contribution is 0.0778. The van der Waals surface area contributed by atoms with Gasteiger partial charge in [-0.3, -0.25) is 9.56 Å². The first-order valence-corrected chi connectivity index (χ1v) is 10.8. The largest absolute Gasteiger partial charge is 0.385 e. The minimum absolute atomic E-state index is 0.0420. The standard InChI is InChI=1S/C20H36N6O2/c1-3-21-18(23-16-20(9-6-10-20)11-15-28-2)22-12-7-14-26-19(27)25-13-5-4-8-17(25)24-26/h3-16H2,1-2H3,(H2,21,22,23). The Kier molecular flexibility index (Phi) is 7.53. The van der Waals surface area contributed by atoms with E-state index in [0.717, 1.165) is 76.7 Å². The topological polar surface area (TPSA) is 85.5 Å². The van der Waals surface area contributed by atoms with Crippen molar-refractivity contribution in [3.63, 3.8) is 0 Å². The van der Waals surface area contributed by atoms with Crippen molar-refractivity contribution >= 4 is 5.96 Å². The van der Waals surface area contributed by atoms with E-state index < -0.39 is 0 Å².